The molecule has 1 heterocycles. The van der Waals surface area contributed by atoms with E-state index in [4.69, 9.17) is 4.74 Å². The SMILES string of the molecule is CCCCc1ccc(C(Br)C2CCCO2)cc1. The average Bonchev–Trinajstić information content (AvgIpc) is 2.90. The fraction of sp³-hybridized carbons (Fsp3) is 0.600. The van der Waals surface area contributed by atoms with Crippen LogP contribution in [-0.2, 0) is 11.2 Å². The van der Waals surface area contributed by atoms with E-state index in [-0.39, 0.29) is 0 Å². The van der Waals surface area contributed by atoms with Crippen LogP contribution in [-0.4, -0.2) is 12.7 Å². The largest absolute Gasteiger partial charge is 0.377 e. The Labute approximate surface area is 113 Å². The number of benzene rings is 1. The molecular formula is C15H21BrO. The predicted octanol–water partition coefficient (Wildman–Crippen LogP) is 4.64. The first-order valence-corrected chi connectivity index (χ1v) is 7.57. The molecule has 0 saturated carbocycles. The van der Waals surface area contributed by atoms with Crippen LogP contribution in [0.25, 0.3) is 0 Å². The first kappa shape index (κ1) is 13.1. The molecule has 0 amide bonds. The van der Waals surface area contributed by atoms with Gasteiger partial charge in [0, 0.05) is 6.61 Å². The van der Waals surface area contributed by atoms with Crippen molar-refractivity contribution in [2.24, 2.45) is 0 Å². The Morgan fingerprint density at radius 3 is 2.71 bits per heavy atom. The minimum Gasteiger partial charge on any atom is -0.377 e. The summed E-state index contributed by atoms with van der Waals surface area (Å²) in [6.07, 6.45) is 6.47. The molecule has 0 spiro atoms. The second-order valence-corrected chi connectivity index (χ2v) is 5.78. The minimum atomic E-state index is 0.352. The van der Waals surface area contributed by atoms with Crippen molar-refractivity contribution in [3.8, 4) is 0 Å². The number of hydrogen-bond acceptors (Lipinski definition) is 1. The summed E-state index contributed by atoms with van der Waals surface area (Å²) in [6.45, 7) is 3.15. The van der Waals surface area contributed by atoms with Crippen LogP contribution in [0.4, 0.5) is 0 Å². The summed E-state index contributed by atoms with van der Waals surface area (Å²) < 4.78 is 5.72. The minimum absolute atomic E-state index is 0.352. The van der Waals surface area contributed by atoms with Gasteiger partial charge in [0.2, 0.25) is 0 Å². The molecule has 0 aromatic heterocycles. The van der Waals surface area contributed by atoms with Gasteiger partial charge in [0.1, 0.15) is 0 Å². The van der Waals surface area contributed by atoms with Crippen molar-refractivity contribution in [2.75, 3.05) is 6.61 Å². The lowest BCUT2D eigenvalue weighted by molar-refractivity contribution is 0.110. The molecule has 1 nitrogen and oxygen atoms in total. The van der Waals surface area contributed by atoms with Crippen LogP contribution in [0, 0.1) is 0 Å². The zero-order valence-corrected chi connectivity index (χ0v) is 12.1. The molecule has 17 heavy (non-hydrogen) atoms. The van der Waals surface area contributed by atoms with Gasteiger partial charge in [-0.1, -0.05) is 53.5 Å². The highest BCUT2D eigenvalue weighted by Gasteiger charge is 2.24. The Morgan fingerprint density at radius 2 is 2.12 bits per heavy atom. The highest BCUT2D eigenvalue weighted by molar-refractivity contribution is 9.09. The van der Waals surface area contributed by atoms with Gasteiger partial charge in [0.25, 0.3) is 0 Å². The topological polar surface area (TPSA) is 9.23 Å². The van der Waals surface area contributed by atoms with Gasteiger partial charge in [-0.3, -0.25) is 0 Å². The molecular weight excluding hydrogens is 276 g/mol. The quantitative estimate of drug-likeness (QED) is 0.719. The molecule has 1 aromatic rings. The number of rotatable bonds is 5. The van der Waals surface area contributed by atoms with Crippen molar-refractivity contribution in [3.05, 3.63) is 35.4 Å². The zero-order valence-electron chi connectivity index (χ0n) is 10.5. The highest BCUT2D eigenvalue weighted by atomic mass is 79.9. The molecule has 1 saturated heterocycles. The summed E-state index contributed by atoms with van der Waals surface area (Å²) >= 11 is 3.77. The van der Waals surface area contributed by atoms with Gasteiger partial charge in [0.15, 0.2) is 0 Å². The molecule has 0 bridgehead atoms. The first-order valence-electron chi connectivity index (χ1n) is 6.65. The summed E-state index contributed by atoms with van der Waals surface area (Å²) in [5.41, 5.74) is 2.79. The predicted molar refractivity (Wildman–Crippen MR) is 75.7 cm³/mol. The fourth-order valence-electron chi connectivity index (χ4n) is 2.30. The van der Waals surface area contributed by atoms with Crippen molar-refractivity contribution < 1.29 is 4.74 Å². The molecule has 1 fully saturated rings. The van der Waals surface area contributed by atoms with Crippen molar-refractivity contribution in [2.45, 2.75) is 50.0 Å². The van der Waals surface area contributed by atoms with E-state index in [2.05, 4.69) is 47.1 Å². The lowest BCUT2D eigenvalue weighted by Gasteiger charge is -2.17. The number of halogens is 1. The van der Waals surface area contributed by atoms with E-state index in [9.17, 15) is 0 Å². The third-order valence-corrected chi connectivity index (χ3v) is 4.53. The Balaban J connectivity index is 1.96. The van der Waals surface area contributed by atoms with Gasteiger partial charge in [-0.2, -0.15) is 0 Å². The Bertz CT molecular complexity index is 327. The number of alkyl halides is 1. The standard InChI is InChI=1S/C15H21BrO/c1-2-3-5-12-7-9-13(10-8-12)15(16)14-6-4-11-17-14/h7-10,14-15H,2-6,11H2,1H3. The van der Waals surface area contributed by atoms with E-state index in [1.54, 1.807) is 0 Å². The monoisotopic (exact) mass is 296 g/mol. The van der Waals surface area contributed by atoms with E-state index < -0.39 is 0 Å². The van der Waals surface area contributed by atoms with E-state index in [1.807, 2.05) is 0 Å². The molecule has 2 atom stereocenters. The summed E-state index contributed by atoms with van der Waals surface area (Å²) in [5.74, 6) is 0. The van der Waals surface area contributed by atoms with Gasteiger partial charge in [-0.15, -0.1) is 0 Å². The number of unbranched alkanes of at least 4 members (excludes halogenated alkanes) is 1. The smallest absolute Gasteiger partial charge is 0.0741 e. The highest BCUT2D eigenvalue weighted by Crippen LogP contribution is 2.33. The lowest BCUT2D eigenvalue weighted by Crippen LogP contribution is -2.12. The third-order valence-electron chi connectivity index (χ3n) is 3.41. The van der Waals surface area contributed by atoms with Crippen molar-refractivity contribution in [1.29, 1.82) is 0 Å². The second kappa shape index (κ2) is 6.55. The summed E-state index contributed by atoms with van der Waals surface area (Å²) in [6, 6.07) is 9.00. The van der Waals surface area contributed by atoms with Crippen LogP contribution < -0.4 is 0 Å². The van der Waals surface area contributed by atoms with Crippen molar-refractivity contribution in [1.82, 2.24) is 0 Å². The summed E-state index contributed by atoms with van der Waals surface area (Å²) in [5, 5.41) is 0. The van der Waals surface area contributed by atoms with Gasteiger partial charge in [-0.05, 0) is 36.8 Å². The molecule has 2 rings (SSSR count). The van der Waals surface area contributed by atoms with E-state index in [0.29, 0.717) is 10.9 Å². The summed E-state index contributed by atoms with van der Waals surface area (Å²) in [7, 11) is 0. The molecule has 2 unspecified atom stereocenters. The molecule has 1 aromatic carbocycles. The third kappa shape index (κ3) is 3.56. The Morgan fingerprint density at radius 1 is 1.35 bits per heavy atom. The summed E-state index contributed by atoms with van der Waals surface area (Å²) in [4.78, 5) is 0.352. The van der Waals surface area contributed by atoms with Crippen LogP contribution in [0.3, 0.4) is 0 Å². The maximum atomic E-state index is 5.72. The fourth-order valence-corrected chi connectivity index (χ4v) is 3.02. The van der Waals surface area contributed by atoms with Crippen molar-refractivity contribution >= 4 is 15.9 Å². The van der Waals surface area contributed by atoms with E-state index in [0.717, 1.165) is 6.61 Å². The molecule has 1 aliphatic heterocycles. The van der Waals surface area contributed by atoms with E-state index in [1.165, 1.54) is 43.2 Å². The van der Waals surface area contributed by atoms with E-state index >= 15 is 0 Å². The van der Waals surface area contributed by atoms with Crippen molar-refractivity contribution in [3.63, 3.8) is 0 Å². The molecule has 1 aliphatic rings. The average molecular weight is 297 g/mol. The van der Waals surface area contributed by atoms with Crippen LogP contribution in [0.15, 0.2) is 24.3 Å². The van der Waals surface area contributed by atoms with Crippen LogP contribution in [0.2, 0.25) is 0 Å². The van der Waals surface area contributed by atoms with Crippen LogP contribution in [0.5, 0.6) is 0 Å². The number of hydrogen-bond donors (Lipinski definition) is 0. The van der Waals surface area contributed by atoms with Crippen LogP contribution in [0.1, 0.15) is 48.6 Å². The Hall–Kier alpha value is -0.340. The van der Waals surface area contributed by atoms with Crippen LogP contribution >= 0.6 is 15.9 Å². The normalized spacial score (nSPS) is 21.6. The number of aryl methyl sites for hydroxylation is 1. The number of ether oxygens (including phenoxy) is 1. The Kier molecular flexibility index (Phi) is 5.05. The van der Waals surface area contributed by atoms with Gasteiger partial charge >= 0.3 is 0 Å². The molecule has 0 aliphatic carbocycles. The molecule has 2 heteroatoms. The van der Waals surface area contributed by atoms with Gasteiger partial charge < -0.3 is 4.74 Å². The lowest BCUT2D eigenvalue weighted by atomic mass is 10.0. The molecule has 0 radical (unpaired) electrons. The second-order valence-electron chi connectivity index (χ2n) is 4.80. The van der Waals surface area contributed by atoms with Gasteiger partial charge in [0.05, 0.1) is 10.9 Å². The zero-order chi connectivity index (χ0) is 12.1. The first-order chi connectivity index (χ1) is 8.31. The van der Waals surface area contributed by atoms with Gasteiger partial charge in [-0.25, -0.2) is 0 Å². The molecule has 0 N–H and O–H groups in total. The maximum Gasteiger partial charge on any atom is 0.0741 e. The maximum absolute atomic E-state index is 5.72. The molecule has 94 valence electrons.